The van der Waals surface area contributed by atoms with E-state index in [1.54, 1.807) is 36.3 Å². The number of hydrogen-bond donors (Lipinski definition) is 1. The number of aromatic nitrogens is 1. The molecule has 112 valence electrons. The second-order valence-corrected chi connectivity index (χ2v) is 5.53. The molecule has 21 heavy (non-hydrogen) atoms. The molecule has 0 spiro atoms. The van der Waals surface area contributed by atoms with Gasteiger partial charge in [-0.1, -0.05) is 0 Å². The van der Waals surface area contributed by atoms with Crippen molar-refractivity contribution in [2.75, 3.05) is 20.2 Å². The summed E-state index contributed by atoms with van der Waals surface area (Å²) in [5, 5.41) is 0. The summed E-state index contributed by atoms with van der Waals surface area (Å²) < 4.78 is 19.1. The first-order valence-corrected chi connectivity index (χ1v) is 7.33. The SMILES string of the molecule is CN(CCCOc1ccc(F)cc1)C(=O)c1cc(Br)c[nH]1. The van der Waals surface area contributed by atoms with Gasteiger partial charge in [0.25, 0.3) is 5.91 Å². The van der Waals surface area contributed by atoms with E-state index in [-0.39, 0.29) is 11.7 Å². The minimum Gasteiger partial charge on any atom is -0.494 e. The number of nitrogens with zero attached hydrogens (tertiary/aromatic N) is 1. The van der Waals surface area contributed by atoms with Crippen LogP contribution in [0.15, 0.2) is 41.0 Å². The molecule has 1 heterocycles. The summed E-state index contributed by atoms with van der Waals surface area (Å²) in [5.74, 6) is 0.269. The standard InChI is InChI=1S/C15H16BrFN2O2/c1-19(15(20)14-9-11(16)10-18-14)7-2-8-21-13-5-3-12(17)4-6-13/h3-6,9-10,18H,2,7-8H2,1H3. The third-order valence-corrected chi connectivity index (χ3v) is 3.40. The van der Waals surface area contributed by atoms with E-state index in [0.29, 0.717) is 31.0 Å². The number of ether oxygens (including phenoxy) is 1. The van der Waals surface area contributed by atoms with Gasteiger partial charge in [0.15, 0.2) is 0 Å². The van der Waals surface area contributed by atoms with Crippen LogP contribution in [-0.4, -0.2) is 36.0 Å². The van der Waals surface area contributed by atoms with Crippen molar-refractivity contribution in [2.45, 2.75) is 6.42 Å². The number of nitrogens with one attached hydrogen (secondary N) is 1. The molecule has 1 amide bonds. The van der Waals surface area contributed by atoms with E-state index in [1.165, 1.54) is 12.1 Å². The van der Waals surface area contributed by atoms with E-state index in [0.717, 1.165) is 4.47 Å². The Morgan fingerprint density at radius 1 is 1.38 bits per heavy atom. The van der Waals surface area contributed by atoms with Crippen LogP contribution in [-0.2, 0) is 0 Å². The molecule has 4 nitrogen and oxygen atoms in total. The molecule has 2 aromatic rings. The van der Waals surface area contributed by atoms with Gasteiger partial charge >= 0.3 is 0 Å². The molecule has 2 rings (SSSR count). The third-order valence-electron chi connectivity index (χ3n) is 2.95. The molecule has 0 radical (unpaired) electrons. The number of H-pyrrole nitrogens is 1. The summed E-state index contributed by atoms with van der Waals surface area (Å²) in [7, 11) is 1.75. The van der Waals surface area contributed by atoms with Crippen molar-refractivity contribution in [3.05, 3.63) is 52.5 Å². The molecule has 1 N–H and O–H groups in total. The molecule has 0 aliphatic carbocycles. The Morgan fingerprint density at radius 3 is 2.71 bits per heavy atom. The Bertz CT molecular complexity index is 598. The number of amides is 1. The van der Waals surface area contributed by atoms with E-state index in [1.807, 2.05) is 0 Å². The number of halogens is 2. The van der Waals surface area contributed by atoms with Crippen LogP contribution in [0.4, 0.5) is 4.39 Å². The maximum atomic E-state index is 12.7. The van der Waals surface area contributed by atoms with E-state index < -0.39 is 0 Å². The summed E-state index contributed by atoms with van der Waals surface area (Å²) in [4.78, 5) is 16.6. The molecule has 0 fully saturated rings. The lowest BCUT2D eigenvalue weighted by atomic mass is 10.3. The Kier molecular flexibility index (Phi) is 5.38. The highest BCUT2D eigenvalue weighted by atomic mass is 79.9. The Morgan fingerprint density at radius 2 is 2.10 bits per heavy atom. The largest absolute Gasteiger partial charge is 0.494 e. The molecular weight excluding hydrogens is 339 g/mol. The number of carbonyl (C=O) groups excluding carboxylic acids is 1. The topological polar surface area (TPSA) is 45.3 Å². The van der Waals surface area contributed by atoms with Gasteiger partial charge in [-0.2, -0.15) is 0 Å². The van der Waals surface area contributed by atoms with Gasteiger partial charge in [-0.05, 0) is 52.7 Å². The first-order chi connectivity index (χ1) is 10.1. The number of aromatic amines is 1. The van der Waals surface area contributed by atoms with Gasteiger partial charge in [-0.3, -0.25) is 4.79 Å². The lowest BCUT2D eigenvalue weighted by Gasteiger charge is -2.16. The first-order valence-electron chi connectivity index (χ1n) is 6.54. The van der Waals surface area contributed by atoms with Crippen LogP contribution in [0.3, 0.4) is 0 Å². The molecule has 0 atom stereocenters. The average molecular weight is 355 g/mol. The molecule has 0 bridgehead atoms. The van der Waals surface area contributed by atoms with Crippen molar-refractivity contribution >= 4 is 21.8 Å². The highest BCUT2D eigenvalue weighted by molar-refractivity contribution is 9.10. The Labute approximate surface area is 131 Å². The number of rotatable bonds is 6. The molecule has 6 heteroatoms. The second-order valence-electron chi connectivity index (χ2n) is 4.61. The van der Waals surface area contributed by atoms with Crippen LogP contribution in [0.1, 0.15) is 16.9 Å². The molecule has 0 saturated heterocycles. The number of hydrogen-bond acceptors (Lipinski definition) is 2. The molecule has 0 saturated carbocycles. The predicted molar refractivity (Wildman–Crippen MR) is 82.0 cm³/mol. The Hall–Kier alpha value is -1.82. The highest BCUT2D eigenvalue weighted by Gasteiger charge is 2.12. The van der Waals surface area contributed by atoms with Gasteiger partial charge in [0.1, 0.15) is 17.3 Å². The van der Waals surface area contributed by atoms with Crippen LogP contribution in [0.2, 0.25) is 0 Å². The maximum Gasteiger partial charge on any atom is 0.270 e. The normalized spacial score (nSPS) is 10.4. The maximum absolute atomic E-state index is 12.7. The summed E-state index contributed by atoms with van der Waals surface area (Å²) in [5.41, 5.74) is 0.545. The summed E-state index contributed by atoms with van der Waals surface area (Å²) in [6.45, 7) is 1.05. The Balaban J connectivity index is 1.73. The highest BCUT2D eigenvalue weighted by Crippen LogP contribution is 2.13. The average Bonchev–Trinajstić information content (AvgIpc) is 2.91. The van der Waals surface area contributed by atoms with Gasteiger partial charge in [0, 0.05) is 24.3 Å². The predicted octanol–water partition coefficient (Wildman–Crippen LogP) is 3.46. The monoisotopic (exact) mass is 354 g/mol. The summed E-state index contributed by atoms with van der Waals surface area (Å²) in [6.07, 6.45) is 2.42. The molecule has 0 aliphatic rings. The molecule has 0 unspecified atom stereocenters. The lowest BCUT2D eigenvalue weighted by Crippen LogP contribution is -2.28. The van der Waals surface area contributed by atoms with Gasteiger partial charge < -0.3 is 14.6 Å². The van der Waals surface area contributed by atoms with Crippen molar-refractivity contribution in [1.29, 1.82) is 0 Å². The van der Waals surface area contributed by atoms with Crippen molar-refractivity contribution in [3.8, 4) is 5.75 Å². The fraction of sp³-hybridized carbons (Fsp3) is 0.267. The quantitative estimate of drug-likeness (QED) is 0.807. The smallest absolute Gasteiger partial charge is 0.270 e. The fourth-order valence-electron chi connectivity index (χ4n) is 1.82. The molecule has 1 aromatic carbocycles. The van der Waals surface area contributed by atoms with Crippen molar-refractivity contribution in [2.24, 2.45) is 0 Å². The van der Waals surface area contributed by atoms with E-state index in [9.17, 15) is 9.18 Å². The van der Waals surface area contributed by atoms with E-state index in [4.69, 9.17) is 4.74 Å². The van der Waals surface area contributed by atoms with Crippen molar-refractivity contribution in [1.82, 2.24) is 9.88 Å². The van der Waals surface area contributed by atoms with Crippen LogP contribution < -0.4 is 4.74 Å². The zero-order valence-electron chi connectivity index (χ0n) is 11.6. The van der Waals surface area contributed by atoms with Crippen LogP contribution in [0.5, 0.6) is 5.75 Å². The van der Waals surface area contributed by atoms with Crippen molar-refractivity contribution in [3.63, 3.8) is 0 Å². The third kappa shape index (κ3) is 4.60. The van der Waals surface area contributed by atoms with E-state index in [2.05, 4.69) is 20.9 Å². The molecular formula is C15H16BrFN2O2. The summed E-state index contributed by atoms with van der Waals surface area (Å²) >= 11 is 3.30. The zero-order valence-corrected chi connectivity index (χ0v) is 13.2. The minimum absolute atomic E-state index is 0.0671. The minimum atomic E-state index is -0.287. The zero-order chi connectivity index (χ0) is 15.2. The van der Waals surface area contributed by atoms with Crippen LogP contribution in [0, 0.1) is 5.82 Å². The van der Waals surface area contributed by atoms with Gasteiger partial charge in [0.2, 0.25) is 0 Å². The summed E-state index contributed by atoms with van der Waals surface area (Å²) in [6, 6.07) is 7.62. The van der Waals surface area contributed by atoms with Crippen molar-refractivity contribution < 1.29 is 13.9 Å². The van der Waals surface area contributed by atoms with Crippen LogP contribution in [0.25, 0.3) is 0 Å². The first kappa shape index (κ1) is 15.6. The van der Waals surface area contributed by atoms with Gasteiger partial charge in [-0.15, -0.1) is 0 Å². The number of benzene rings is 1. The van der Waals surface area contributed by atoms with E-state index >= 15 is 0 Å². The lowest BCUT2D eigenvalue weighted by molar-refractivity contribution is 0.0783. The number of carbonyl (C=O) groups is 1. The van der Waals surface area contributed by atoms with Gasteiger partial charge in [-0.25, -0.2) is 4.39 Å². The van der Waals surface area contributed by atoms with Crippen LogP contribution >= 0.6 is 15.9 Å². The fourth-order valence-corrected chi connectivity index (χ4v) is 2.16. The second kappa shape index (κ2) is 7.26. The molecule has 0 aliphatic heterocycles. The molecule has 1 aromatic heterocycles. The van der Waals surface area contributed by atoms with Gasteiger partial charge in [0.05, 0.1) is 6.61 Å².